The van der Waals surface area contributed by atoms with Crippen LogP contribution in [-0.2, 0) is 16.6 Å². The fraction of sp³-hybridized carbons (Fsp3) is 0.100. The molecule has 0 aliphatic heterocycles. The lowest BCUT2D eigenvalue weighted by Gasteiger charge is -2.25. The van der Waals surface area contributed by atoms with Gasteiger partial charge in [0.25, 0.3) is 10.0 Å². The first-order chi connectivity index (χ1) is 12.5. The van der Waals surface area contributed by atoms with Crippen molar-refractivity contribution in [3.05, 3.63) is 90.2 Å². The first kappa shape index (κ1) is 17.9. The Kier molecular flexibility index (Phi) is 5.23. The first-order valence-corrected chi connectivity index (χ1v) is 9.41. The third-order valence-corrected chi connectivity index (χ3v) is 5.69. The van der Waals surface area contributed by atoms with Crippen LogP contribution in [0, 0.1) is 5.82 Å². The van der Waals surface area contributed by atoms with Gasteiger partial charge in [0, 0.05) is 0 Å². The van der Waals surface area contributed by atoms with Gasteiger partial charge >= 0.3 is 0 Å². The predicted octanol–water partition coefficient (Wildman–Crippen LogP) is 4.23. The molecule has 0 aliphatic carbocycles. The summed E-state index contributed by atoms with van der Waals surface area (Å²) in [6.45, 7) is 0.126. The highest BCUT2D eigenvalue weighted by molar-refractivity contribution is 7.92. The molecule has 134 valence electrons. The molecule has 0 atom stereocenters. The molecule has 0 N–H and O–H groups in total. The Balaban J connectivity index is 2.04. The summed E-state index contributed by atoms with van der Waals surface area (Å²) in [4.78, 5) is 0.0330. The van der Waals surface area contributed by atoms with Crippen molar-refractivity contribution >= 4 is 15.7 Å². The Morgan fingerprint density at radius 1 is 0.923 bits per heavy atom. The van der Waals surface area contributed by atoms with Crippen molar-refractivity contribution in [1.82, 2.24) is 0 Å². The summed E-state index contributed by atoms with van der Waals surface area (Å²) >= 11 is 0. The lowest BCUT2D eigenvalue weighted by Crippen LogP contribution is -2.30. The van der Waals surface area contributed by atoms with Gasteiger partial charge in [0.05, 0.1) is 24.2 Å². The van der Waals surface area contributed by atoms with Gasteiger partial charge in [0.2, 0.25) is 0 Å². The fourth-order valence-corrected chi connectivity index (χ4v) is 4.03. The predicted molar refractivity (Wildman–Crippen MR) is 99.2 cm³/mol. The lowest BCUT2D eigenvalue weighted by atomic mass is 10.2. The van der Waals surface area contributed by atoms with E-state index in [1.807, 2.05) is 18.2 Å². The molecule has 0 fully saturated rings. The molecule has 0 aliphatic rings. The van der Waals surface area contributed by atoms with E-state index < -0.39 is 15.8 Å². The molecule has 3 aromatic carbocycles. The Morgan fingerprint density at radius 2 is 1.62 bits per heavy atom. The summed E-state index contributed by atoms with van der Waals surface area (Å²) in [5, 5.41) is 0. The van der Waals surface area contributed by atoms with Crippen molar-refractivity contribution in [2.75, 3.05) is 11.4 Å². The zero-order chi connectivity index (χ0) is 18.6. The minimum atomic E-state index is -3.86. The van der Waals surface area contributed by atoms with Gasteiger partial charge in [-0.05, 0) is 54.1 Å². The topological polar surface area (TPSA) is 46.6 Å². The zero-order valence-electron chi connectivity index (χ0n) is 14.2. The second-order valence-electron chi connectivity index (χ2n) is 5.65. The van der Waals surface area contributed by atoms with Crippen LogP contribution < -0.4 is 9.04 Å². The average Bonchev–Trinajstić information content (AvgIpc) is 2.67. The molecule has 3 aromatic rings. The van der Waals surface area contributed by atoms with E-state index in [0.29, 0.717) is 11.4 Å². The Bertz CT molecular complexity index is 973. The van der Waals surface area contributed by atoms with Crippen LogP contribution in [0.3, 0.4) is 0 Å². The molecule has 0 amide bonds. The molecular weight excluding hydrogens is 353 g/mol. The van der Waals surface area contributed by atoms with Gasteiger partial charge < -0.3 is 4.74 Å². The van der Waals surface area contributed by atoms with Crippen LogP contribution in [0.1, 0.15) is 5.56 Å². The molecule has 3 rings (SSSR count). The molecule has 0 radical (unpaired) electrons. The average molecular weight is 371 g/mol. The van der Waals surface area contributed by atoms with Gasteiger partial charge in [0.15, 0.2) is 0 Å². The summed E-state index contributed by atoms with van der Waals surface area (Å²) in [5.41, 5.74) is 1.30. The highest BCUT2D eigenvalue weighted by atomic mass is 32.2. The van der Waals surface area contributed by atoms with E-state index in [-0.39, 0.29) is 11.4 Å². The van der Waals surface area contributed by atoms with Gasteiger partial charge in [-0.1, -0.05) is 30.3 Å². The number of para-hydroxylation sites is 1. The second kappa shape index (κ2) is 7.58. The van der Waals surface area contributed by atoms with Crippen LogP contribution >= 0.6 is 0 Å². The van der Waals surface area contributed by atoms with Gasteiger partial charge in [-0.2, -0.15) is 0 Å². The molecular formula is C20H18FNO3S. The fourth-order valence-electron chi connectivity index (χ4n) is 2.58. The van der Waals surface area contributed by atoms with E-state index in [2.05, 4.69) is 0 Å². The number of benzene rings is 3. The quantitative estimate of drug-likeness (QED) is 0.651. The molecule has 0 bridgehead atoms. The van der Waals surface area contributed by atoms with Crippen molar-refractivity contribution in [3.8, 4) is 5.75 Å². The minimum Gasteiger partial charge on any atom is -0.497 e. The van der Waals surface area contributed by atoms with E-state index in [9.17, 15) is 12.8 Å². The normalized spacial score (nSPS) is 11.2. The van der Waals surface area contributed by atoms with Crippen LogP contribution in [0.2, 0.25) is 0 Å². The summed E-state index contributed by atoms with van der Waals surface area (Å²) < 4.78 is 46.1. The second-order valence-corrected chi connectivity index (χ2v) is 7.51. The smallest absolute Gasteiger partial charge is 0.264 e. The summed E-state index contributed by atoms with van der Waals surface area (Å²) in [7, 11) is -2.30. The highest BCUT2D eigenvalue weighted by Gasteiger charge is 2.25. The van der Waals surface area contributed by atoms with Crippen LogP contribution in [0.15, 0.2) is 83.8 Å². The zero-order valence-corrected chi connectivity index (χ0v) is 15.0. The van der Waals surface area contributed by atoms with Crippen molar-refractivity contribution in [2.24, 2.45) is 0 Å². The molecule has 26 heavy (non-hydrogen) atoms. The molecule has 0 spiro atoms. The van der Waals surface area contributed by atoms with Gasteiger partial charge in [0.1, 0.15) is 11.6 Å². The van der Waals surface area contributed by atoms with E-state index in [1.165, 1.54) is 16.4 Å². The van der Waals surface area contributed by atoms with Crippen LogP contribution in [-0.4, -0.2) is 15.5 Å². The molecule has 0 saturated heterocycles. The monoisotopic (exact) mass is 371 g/mol. The van der Waals surface area contributed by atoms with Crippen molar-refractivity contribution in [2.45, 2.75) is 11.4 Å². The number of anilines is 1. The van der Waals surface area contributed by atoms with E-state index >= 15 is 0 Å². The van der Waals surface area contributed by atoms with Crippen molar-refractivity contribution < 1.29 is 17.5 Å². The van der Waals surface area contributed by atoms with E-state index in [0.717, 1.165) is 17.7 Å². The number of hydrogen-bond donors (Lipinski definition) is 0. The van der Waals surface area contributed by atoms with Gasteiger partial charge in [-0.15, -0.1) is 0 Å². The largest absolute Gasteiger partial charge is 0.497 e. The number of nitrogens with zero attached hydrogens (tertiary/aromatic N) is 1. The Morgan fingerprint density at radius 3 is 2.27 bits per heavy atom. The van der Waals surface area contributed by atoms with E-state index in [4.69, 9.17) is 4.74 Å². The maximum absolute atomic E-state index is 13.2. The lowest BCUT2D eigenvalue weighted by molar-refractivity contribution is 0.414. The number of sulfonamides is 1. The summed E-state index contributed by atoms with van der Waals surface area (Å²) in [6, 6.07) is 20.9. The summed E-state index contributed by atoms with van der Waals surface area (Å²) in [5.74, 6) is 0.165. The van der Waals surface area contributed by atoms with Crippen LogP contribution in [0.5, 0.6) is 5.75 Å². The highest BCUT2D eigenvalue weighted by Crippen LogP contribution is 2.26. The first-order valence-electron chi connectivity index (χ1n) is 7.97. The molecule has 0 aromatic heterocycles. The van der Waals surface area contributed by atoms with Crippen molar-refractivity contribution in [3.63, 3.8) is 0 Å². The number of halogens is 1. The number of methoxy groups -OCH3 is 1. The van der Waals surface area contributed by atoms with Gasteiger partial charge in [-0.3, -0.25) is 4.31 Å². The molecule has 6 heteroatoms. The summed E-state index contributed by atoms with van der Waals surface area (Å²) in [6.07, 6.45) is 0. The third kappa shape index (κ3) is 3.86. The molecule has 0 unspecified atom stereocenters. The Hall–Kier alpha value is -2.86. The number of ether oxygens (including phenoxy) is 1. The minimum absolute atomic E-state index is 0.0330. The third-order valence-electron chi connectivity index (χ3n) is 3.91. The number of rotatable bonds is 6. The van der Waals surface area contributed by atoms with Crippen LogP contribution in [0.4, 0.5) is 10.1 Å². The van der Waals surface area contributed by atoms with Crippen molar-refractivity contribution in [1.29, 1.82) is 0 Å². The molecule has 4 nitrogen and oxygen atoms in total. The number of hydrogen-bond acceptors (Lipinski definition) is 3. The standard InChI is InChI=1S/C20H18FNO3S/c1-25-19-9-5-6-16(14-19)15-22(18-7-3-2-4-8-18)26(23,24)20-12-10-17(21)11-13-20/h2-14H,15H2,1H3. The van der Waals surface area contributed by atoms with Gasteiger partial charge in [-0.25, -0.2) is 12.8 Å². The maximum Gasteiger partial charge on any atom is 0.264 e. The van der Waals surface area contributed by atoms with Crippen LogP contribution in [0.25, 0.3) is 0 Å². The van der Waals surface area contributed by atoms with E-state index in [1.54, 1.807) is 43.5 Å². The molecule has 0 saturated carbocycles. The molecule has 0 heterocycles. The SMILES string of the molecule is COc1cccc(CN(c2ccccc2)S(=O)(=O)c2ccc(F)cc2)c1. The maximum atomic E-state index is 13.2. The Labute approximate surface area is 152 Å².